The van der Waals surface area contributed by atoms with Crippen molar-refractivity contribution in [1.82, 2.24) is 5.32 Å². The molecule has 17 unspecified atom stereocenters. The van der Waals surface area contributed by atoms with Crippen LogP contribution in [0.2, 0.25) is 0 Å². The van der Waals surface area contributed by atoms with Crippen LogP contribution in [0.3, 0.4) is 0 Å². The summed E-state index contributed by atoms with van der Waals surface area (Å²) in [4.78, 5) is 13.5. The molecule has 0 aliphatic carbocycles. The average molecular weight is 1540 g/mol. The highest BCUT2D eigenvalue weighted by Crippen LogP contribution is 2.33. The fourth-order valence-electron chi connectivity index (χ4n) is 14.4. The van der Waals surface area contributed by atoms with Crippen LogP contribution in [0, 0.1) is 0 Å². The third-order valence-electron chi connectivity index (χ3n) is 21.4. The van der Waals surface area contributed by atoms with E-state index in [1.165, 1.54) is 218 Å². The Kier molecular flexibility index (Phi) is 63.3. The van der Waals surface area contributed by atoms with Crippen LogP contribution in [0.4, 0.5) is 0 Å². The van der Waals surface area contributed by atoms with E-state index in [1.807, 2.05) is 6.08 Å². The number of carbonyl (C=O) groups is 1. The smallest absolute Gasteiger partial charge is 0.220 e. The van der Waals surface area contributed by atoms with Gasteiger partial charge >= 0.3 is 0 Å². The number of hydrogen-bond acceptors (Lipinski definition) is 18. The zero-order valence-electron chi connectivity index (χ0n) is 68.0. The van der Waals surface area contributed by atoms with Crippen molar-refractivity contribution < 1.29 is 89.4 Å². The molecule has 0 spiro atoms. The number of hydrogen-bond donors (Lipinski definition) is 12. The summed E-state index contributed by atoms with van der Waals surface area (Å²) in [5, 5.41) is 121. The lowest BCUT2D eigenvalue weighted by Gasteiger charge is -2.48. The Balaban J connectivity index is 1.31. The van der Waals surface area contributed by atoms with Gasteiger partial charge in [-0.05, 0) is 77.0 Å². The predicted octanol–water partition coefficient (Wildman–Crippen LogP) is 16.3. The minimum absolute atomic E-state index is 0.243. The minimum atomic E-state index is -1.98. The average Bonchev–Trinajstić information content (AvgIpc) is 0.760. The van der Waals surface area contributed by atoms with Gasteiger partial charge in [-0.2, -0.15) is 0 Å². The molecule has 3 heterocycles. The molecule has 17 atom stereocenters. The maximum Gasteiger partial charge on any atom is 0.220 e. The van der Waals surface area contributed by atoms with E-state index in [9.17, 15) is 61.0 Å². The lowest BCUT2D eigenvalue weighted by Crippen LogP contribution is -2.66. The molecule has 3 aliphatic heterocycles. The molecule has 109 heavy (non-hydrogen) atoms. The molecule has 632 valence electrons. The standard InChI is InChI=1S/C90H159NO18/c1-3-5-7-9-11-13-15-17-19-21-23-25-27-28-29-30-31-32-33-34-35-36-37-38-39-40-41-42-43-44-46-48-50-52-54-56-58-60-62-64-66-68-78(96)91-73(74(95)67-65-63-61-59-57-55-53-51-49-47-45-26-24-22-20-18-16-14-12-10-8-6-4-2)72-104-88-84(102)81(99)86(76(70-93)106-88)109-90-85(103)82(100)87(77(71-94)107-90)108-89-83(101)80(98)79(97)75(69-92)105-89/h5,7,11,13,17,19,23,25,28-29,31-32,34-35,65,67,73-77,79-90,92-95,97-103H,3-4,6,8-10,12,14-16,18,20-22,24,26-27,30,33,36-64,66,68-72H2,1-2H3,(H,91,96)/b7-5-,13-11-,19-17-,25-23-,29-28-,32-31-,35-34-,67-65+. The molecular formula is C90H159NO18. The highest BCUT2D eigenvalue weighted by atomic mass is 16.8. The molecular weight excluding hydrogens is 1380 g/mol. The van der Waals surface area contributed by atoms with Gasteiger partial charge in [0.05, 0.1) is 38.6 Å². The summed E-state index contributed by atoms with van der Waals surface area (Å²) in [6.45, 7) is 1.66. The van der Waals surface area contributed by atoms with Gasteiger partial charge in [0, 0.05) is 6.42 Å². The Labute approximate surface area is 660 Å². The van der Waals surface area contributed by atoms with E-state index in [0.29, 0.717) is 6.42 Å². The summed E-state index contributed by atoms with van der Waals surface area (Å²) >= 11 is 0. The van der Waals surface area contributed by atoms with Gasteiger partial charge in [-0.3, -0.25) is 4.79 Å². The van der Waals surface area contributed by atoms with Gasteiger partial charge < -0.3 is 89.9 Å². The molecule has 3 saturated heterocycles. The molecule has 0 saturated carbocycles. The van der Waals surface area contributed by atoms with Crippen LogP contribution in [0.25, 0.3) is 0 Å². The van der Waals surface area contributed by atoms with Gasteiger partial charge in [0.15, 0.2) is 18.9 Å². The number of amides is 1. The molecule has 0 aromatic rings. The topological polar surface area (TPSA) is 307 Å². The Morgan fingerprint density at radius 1 is 0.339 bits per heavy atom. The molecule has 12 N–H and O–H groups in total. The SMILES string of the molecule is CC/C=C\C/C=C\C/C=C\C/C=C\C/C=C\C/C=C\C/C=C\CCCCCCCCCCCCCCCCCCCCCC(=O)NC(COC1OC(CO)C(OC2OC(CO)C(OC3OC(CO)C(O)C(O)C3O)C(O)C2O)C(O)C1O)C(O)/C=C/CCCCCCCCCCCCCCCCCCCCCCC. The van der Waals surface area contributed by atoms with Crippen LogP contribution < -0.4 is 5.32 Å². The maximum atomic E-state index is 13.5. The van der Waals surface area contributed by atoms with E-state index >= 15 is 0 Å². The van der Waals surface area contributed by atoms with Crippen molar-refractivity contribution in [3.05, 3.63) is 97.2 Å². The summed E-state index contributed by atoms with van der Waals surface area (Å²) in [7, 11) is 0. The Bertz CT molecular complexity index is 2340. The summed E-state index contributed by atoms with van der Waals surface area (Å²) in [6.07, 6.45) is 68.3. The second-order valence-electron chi connectivity index (χ2n) is 31.0. The normalized spacial score (nSPS) is 25.8. The van der Waals surface area contributed by atoms with Crippen molar-refractivity contribution in [1.29, 1.82) is 0 Å². The lowest BCUT2D eigenvalue weighted by molar-refractivity contribution is -0.379. The number of aliphatic hydroxyl groups is 11. The molecule has 0 bridgehead atoms. The van der Waals surface area contributed by atoms with Gasteiger partial charge in [-0.1, -0.05) is 349 Å². The van der Waals surface area contributed by atoms with Crippen LogP contribution in [0.1, 0.15) is 335 Å². The highest BCUT2D eigenvalue weighted by Gasteiger charge is 2.54. The Morgan fingerprint density at radius 2 is 0.633 bits per heavy atom. The van der Waals surface area contributed by atoms with Gasteiger partial charge in [-0.15, -0.1) is 0 Å². The molecule has 3 fully saturated rings. The number of allylic oxidation sites excluding steroid dienone is 15. The number of unbranched alkanes of at least 4 members (excludes halogenated alkanes) is 40. The van der Waals surface area contributed by atoms with Crippen molar-refractivity contribution in [2.24, 2.45) is 0 Å². The van der Waals surface area contributed by atoms with Crippen molar-refractivity contribution >= 4 is 5.91 Å². The molecule has 19 nitrogen and oxygen atoms in total. The van der Waals surface area contributed by atoms with Crippen LogP contribution >= 0.6 is 0 Å². The first-order chi connectivity index (χ1) is 53.3. The van der Waals surface area contributed by atoms with Crippen molar-refractivity contribution in [2.75, 3.05) is 26.4 Å². The van der Waals surface area contributed by atoms with Gasteiger partial charge in [0.2, 0.25) is 5.91 Å². The van der Waals surface area contributed by atoms with Crippen molar-refractivity contribution in [3.8, 4) is 0 Å². The fraction of sp³-hybridized carbons (Fsp3) is 0.811. The maximum absolute atomic E-state index is 13.5. The zero-order chi connectivity index (χ0) is 78.8. The Hall–Kier alpha value is -3.29. The molecule has 3 rings (SSSR count). The monoisotopic (exact) mass is 1540 g/mol. The first-order valence-corrected chi connectivity index (χ1v) is 44.0. The number of aliphatic hydroxyl groups excluding tert-OH is 11. The van der Waals surface area contributed by atoms with E-state index in [4.69, 9.17) is 28.4 Å². The first kappa shape index (κ1) is 99.9. The Morgan fingerprint density at radius 3 is 0.991 bits per heavy atom. The largest absolute Gasteiger partial charge is 0.394 e. The van der Waals surface area contributed by atoms with E-state index in [1.54, 1.807) is 6.08 Å². The zero-order valence-corrected chi connectivity index (χ0v) is 68.0. The van der Waals surface area contributed by atoms with E-state index in [0.717, 1.165) is 89.9 Å². The van der Waals surface area contributed by atoms with Crippen LogP contribution in [0.5, 0.6) is 0 Å². The van der Waals surface area contributed by atoms with E-state index in [2.05, 4.69) is 104 Å². The van der Waals surface area contributed by atoms with Crippen molar-refractivity contribution in [3.63, 3.8) is 0 Å². The summed E-state index contributed by atoms with van der Waals surface area (Å²) in [5.74, 6) is -0.272. The summed E-state index contributed by atoms with van der Waals surface area (Å²) < 4.78 is 34.5. The molecule has 1 amide bonds. The van der Waals surface area contributed by atoms with Crippen molar-refractivity contribution in [2.45, 2.75) is 439 Å². The van der Waals surface area contributed by atoms with Gasteiger partial charge in [0.1, 0.15) is 73.2 Å². The number of nitrogens with one attached hydrogen (secondary N) is 1. The third-order valence-corrected chi connectivity index (χ3v) is 21.4. The fourth-order valence-corrected chi connectivity index (χ4v) is 14.4. The van der Waals surface area contributed by atoms with E-state index in [-0.39, 0.29) is 18.9 Å². The lowest BCUT2D eigenvalue weighted by atomic mass is 9.96. The number of ether oxygens (including phenoxy) is 6. The first-order valence-electron chi connectivity index (χ1n) is 44.0. The van der Waals surface area contributed by atoms with Gasteiger partial charge in [-0.25, -0.2) is 0 Å². The molecule has 0 aromatic carbocycles. The molecule has 19 heteroatoms. The number of rotatable bonds is 70. The predicted molar refractivity (Wildman–Crippen MR) is 438 cm³/mol. The second kappa shape index (κ2) is 69.1. The quantitative estimate of drug-likeness (QED) is 0.0199. The molecule has 0 radical (unpaired) electrons. The summed E-state index contributed by atoms with van der Waals surface area (Å²) in [5.41, 5.74) is 0. The number of carbonyl (C=O) groups excluding carboxylic acids is 1. The summed E-state index contributed by atoms with van der Waals surface area (Å²) in [6, 6.07) is -0.977. The van der Waals surface area contributed by atoms with E-state index < -0.39 is 124 Å². The second-order valence-corrected chi connectivity index (χ2v) is 31.0. The van der Waals surface area contributed by atoms with Gasteiger partial charge in [0.25, 0.3) is 0 Å². The molecule has 3 aliphatic rings. The van der Waals surface area contributed by atoms with Crippen LogP contribution in [-0.2, 0) is 33.2 Å². The van der Waals surface area contributed by atoms with Crippen LogP contribution in [-0.4, -0.2) is 193 Å². The third kappa shape index (κ3) is 48.0. The molecule has 0 aromatic heterocycles. The van der Waals surface area contributed by atoms with Crippen LogP contribution in [0.15, 0.2) is 97.2 Å². The minimum Gasteiger partial charge on any atom is -0.394 e. The highest BCUT2D eigenvalue weighted by molar-refractivity contribution is 5.76.